The molecule has 1 heterocycles. The third-order valence-corrected chi connectivity index (χ3v) is 3.92. The van der Waals surface area contributed by atoms with Gasteiger partial charge in [-0.05, 0) is 37.2 Å². The van der Waals surface area contributed by atoms with Crippen LogP contribution in [0.2, 0.25) is 0 Å². The predicted octanol–water partition coefficient (Wildman–Crippen LogP) is 2.74. The number of pyridine rings is 1. The molecule has 3 unspecified atom stereocenters. The predicted molar refractivity (Wildman–Crippen MR) is 68.7 cm³/mol. The third kappa shape index (κ3) is 2.97. The Morgan fingerprint density at radius 2 is 2.18 bits per heavy atom. The number of hydrogen-bond acceptors (Lipinski definition) is 3. The number of nitrogens with zero attached hydrogens (tertiary/aromatic N) is 1. The largest absolute Gasteiger partial charge is 0.490 e. The highest BCUT2D eigenvalue weighted by molar-refractivity contribution is 5.30. The van der Waals surface area contributed by atoms with E-state index in [4.69, 9.17) is 10.5 Å². The Morgan fingerprint density at radius 1 is 1.35 bits per heavy atom. The van der Waals surface area contributed by atoms with Crippen LogP contribution >= 0.6 is 0 Å². The van der Waals surface area contributed by atoms with Crippen molar-refractivity contribution in [2.45, 2.75) is 45.8 Å². The Bertz CT molecular complexity index is 367. The third-order valence-electron chi connectivity index (χ3n) is 3.92. The molecule has 3 nitrogen and oxygen atoms in total. The first-order chi connectivity index (χ1) is 8.20. The van der Waals surface area contributed by atoms with Crippen molar-refractivity contribution < 1.29 is 4.74 Å². The Hall–Kier alpha value is -1.09. The molecule has 2 N–H and O–H groups in total. The van der Waals surface area contributed by atoms with Crippen LogP contribution in [0.1, 0.15) is 38.7 Å². The Morgan fingerprint density at radius 3 is 2.88 bits per heavy atom. The Labute approximate surface area is 103 Å². The second-order valence-corrected chi connectivity index (χ2v) is 5.20. The summed E-state index contributed by atoms with van der Waals surface area (Å²) in [5.41, 5.74) is 6.68. The van der Waals surface area contributed by atoms with E-state index in [9.17, 15) is 0 Å². The van der Waals surface area contributed by atoms with Gasteiger partial charge in [0.1, 0.15) is 5.75 Å². The zero-order valence-corrected chi connectivity index (χ0v) is 10.7. The van der Waals surface area contributed by atoms with Crippen molar-refractivity contribution in [3.05, 3.63) is 24.0 Å². The molecule has 2 rings (SSSR count). The molecular formula is C14H22N2O. The standard InChI is InChI=1S/C14H22N2O/c1-10-3-4-13(7-11(10)2)17-14-5-6-16-9-12(14)8-15/h5-6,9-11,13H,3-4,7-8,15H2,1-2H3. The van der Waals surface area contributed by atoms with Crippen molar-refractivity contribution in [3.63, 3.8) is 0 Å². The van der Waals surface area contributed by atoms with Gasteiger partial charge in [-0.2, -0.15) is 0 Å². The van der Waals surface area contributed by atoms with Crippen molar-refractivity contribution in [2.24, 2.45) is 17.6 Å². The van der Waals surface area contributed by atoms with Gasteiger partial charge in [-0.3, -0.25) is 4.98 Å². The number of ether oxygens (including phenoxy) is 1. The number of nitrogens with two attached hydrogens (primary N) is 1. The zero-order chi connectivity index (χ0) is 12.3. The van der Waals surface area contributed by atoms with E-state index in [0.717, 1.165) is 36.0 Å². The average molecular weight is 234 g/mol. The van der Waals surface area contributed by atoms with Crippen molar-refractivity contribution in [1.29, 1.82) is 0 Å². The van der Waals surface area contributed by atoms with Gasteiger partial charge in [0.15, 0.2) is 0 Å². The van der Waals surface area contributed by atoms with Gasteiger partial charge in [0.25, 0.3) is 0 Å². The maximum Gasteiger partial charge on any atom is 0.127 e. The van der Waals surface area contributed by atoms with E-state index >= 15 is 0 Å². The van der Waals surface area contributed by atoms with E-state index in [1.165, 1.54) is 6.42 Å². The SMILES string of the molecule is CC1CCC(Oc2ccncc2CN)CC1C. The lowest BCUT2D eigenvalue weighted by Crippen LogP contribution is -2.29. The lowest BCUT2D eigenvalue weighted by atomic mass is 9.80. The fraction of sp³-hybridized carbons (Fsp3) is 0.643. The fourth-order valence-electron chi connectivity index (χ4n) is 2.47. The average Bonchev–Trinajstić information content (AvgIpc) is 2.34. The highest BCUT2D eigenvalue weighted by Crippen LogP contribution is 2.32. The van der Waals surface area contributed by atoms with E-state index in [2.05, 4.69) is 18.8 Å². The molecule has 0 spiro atoms. The summed E-state index contributed by atoms with van der Waals surface area (Å²) < 4.78 is 6.08. The smallest absolute Gasteiger partial charge is 0.127 e. The van der Waals surface area contributed by atoms with Crippen LogP contribution in [0.15, 0.2) is 18.5 Å². The quantitative estimate of drug-likeness (QED) is 0.874. The van der Waals surface area contributed by atoms with Crippen LogP contribution in [0.4, 0.5) is 0 Å². The van der Waals surface area contributed by atoms with Crippen LogP contribution in [-0.4, -0.2) is 11.1 Å². The fourth-order valence-corrected chi connectivity index (χ4v) is 2.47. The first-order valence-electron chi connectivity index (χ1n) is 6.50. The van der Waals surface area contributed by atoms with E-state index in [-0.39, 0.29) is 0 Å². The molecule has 0 radical (unpaired) electrons. The lowest BCUT2D eigenvalue weighted by Gasteiger charge is -2.32. The van der Waals surface area contributed by atoms with E-state index in [1.807, 2.05) is 6.07 Å². The molecule has 94 valence electrons. The number of aromatic nitrogens is 1. The molecule has 1 saturated carbocycles. The summed E-state index contributed by atoms with van der Waals surface area (Å²) in [6.07, 6.45) is 7.46. The van der Waals surface area contributed by atoms with Crippen molar-refractivity contribution in [3.8, 4) is 5.75 Å². The summed E-state index contributed by atoms with van der Waals surface area (Å²) in [4.78, 5) is 4.08. The second-order valence-electron chi connectivity index (χ2n) is 5.20. The topological polar surface area (TPSA) is 48.1 Å². The maximum atomic E-state index is 6.08. The summed E-state index contributed by atoms with van der Waals surface area (Å²) in [7, 11) is 0. The van der Waals surface area contributed by atoms with Gasteiger partial charge in [-0.1, -0.05) is 13.8 Å². The molecule has 0 amide bonds. The van der Waals surface area contributed by atoms with Gasteiger partial charge in [0.2, 0.25) is 0 Å². The molecule has 1 aromatic heterocycles. The second kappa shape index (κ2) is 5.50. The number of hydrogen-bond donors (Lipinski definition) is 1. The Balaban J connectivity index is 2.01. The van der Waals surface area contributed by atoms with Crippen molar-refractivity contribution in [1.82, 2.24) is 4.98 Å². The molecule has 0 bridgehead atoms. The molecule has 1 aromatic rings. The molecule has 3 atom stereocenters. The summed E-state index contributed by atoms with van der Waals surface area (Å²) in [5, 5.41) is 0. The van der Waals surface area contributed by atoms with E-state index < -0.39 is 0 Å². The summed E-state index contributed by atoms with van der Waals surface area (Å²) >= 11 is 0. The van der Waals surface area contributed by atoms with Crippen LogP contribution in [0, 0.1) is 11.8 Å². The van der Waals surface area contributed by atoms with Gasteiger partial charge >= 0.3 is 0 Å². The first kappa shape index (κ1) is 12.4. The van der Waals surface area contributed by atoms with E-state index in [0.29, 0.717) is 12.6 Å². The van der Waals surface area contributed by atoms with Gasteiger partial charge in [-0.15, -0.1) is 0 Å². The van der Waals surface area contributed by atoms with Crippen LogP contribution < -0.4 is 10.5 Å². The minimum absolute atomic E-state index is 0.342. The van der Waals surface area contributed by atoms with E-state index in [1.54, 1.807) is 12.4 Å². The minimum atomic E-state index is 0.342. The highest BCUT2D eigenvalue weighted by Gasteiger charge is 2.26. The van der Waals surface area contributed by atoms with Crippen molar-refractivity contribution >= 4 is 0 Å². The zero-order valence-electron chi connectivity index (χ0n) is 10.7. The minimum Gasteiger partial charge on any atom is -0.490 e. The first-order valence-corrected chi connectivity index (χ1v) is 6.50. The van der Waals surface area contributed by atoms with Crippen LogP contribution in [0.3, 0.4) is 0 Å². The summed E-state index contributed by atoms with van der Waals surface area (Å²) in [6.45, 7) is 5.14. The van der Waals surface area contributed by atoms with Gasteiger partial charge < -0.3 is 10.5 Å². The molecule has 0 aromatic carbocycles. The maximum absolute atomic E-state index is 6.08. The summed E-state index contributed by atoms with van der Waals surface area (Å²) in [5.74, 6) is 2.48. The summed E-state index contributed by atoms with van der Waals surface area (Å²) in [6, 6.07) is 1.92. The normalized spacial score (nSPS) is 29.0. The van der Waals surface area contributed by atoms with Gasteiger partial charge in [-0.25, -0.2) is 0 Å². The van der Waals surface area contributed by atoms with Crippen molar-refractivity contribution in [2.75, 3.05) is 0 Å². The number of rotatable bonds is 3. The molecule has 1 aliphatic rings. The monoisotopic (exact) mass is 234 g/mol. The molecule has 1 fully saturated rings. The lowest BCUT2D eigenvalue weighted by molar-refractivity contribution is 0.0996. The Kier molecular flexibility index (Phi) is 4.00. The molecule has 0 aliphatic heterocycles. The van der Waals surface area contributed by atoms with Gasteiger partial charge in [0.05, 0.1) is 6.10 Å². The molecule has 3 heteroatoms. The highest BCUT2D eigenvalue weighted by atomic mass is 16.5. The molecule has 1 aliphatic carbocycles. The van der Waals surface area contributed by atoms with Crippen LogP contribution in [0.5, 0.6) is 5.75 Å². The molecule has 17 heavy (non-hydrogen) atoms. The van der Waals surface area contributed by atoms with Crippen LogP contribution in [0.25, 0.3) is 0 Å². The van der Waals surface area contributed by atoms with Gasteiger partial charge in [0, 0.05) is 24.5 Å². The molecular weight excluding hydrogens is 212 g/mol. The van der Waals surface area contributed by atoms with Crippen LogP contribution in [-0.2, 0) is 6.54 Å². The molecule has 0 saturated heterocycles.